The predicted molar refractivity (Wildman–Crippen MR) is 58.2 cm³/mol. The van der Waals surface area contributed by atoms with Gasteiger partial charge >= 0.3 is 0 Å². The molecule has 0 saturated heterocycles. The number of aryl methyl sites for hydroxylation is 1. The van der Waals surface area contributed by atoms with E-state index >= 15 is 0 Å². The quantitative estimate of drug-likeness (QED) is 0.820. The van der Waals surface area contributed by atoms with Crippen LogP contribution in [0.4, 0.5) is 5.13 Å². The van der Waals surface area contributed by atoms with E-state index < -0.39 is 0 Å². The summed E-state index contributed by atoms with van der Waals surface area (Å²) in [5, 5.41) is 6.82. The molecule has 0 aliphatic carbocycles. The smallest absolute Gasteiger partial charge is 0.180 e. The number of thiazole rings is 1. The average Bonchev–Trinajstić information content (AvgIpc) is 2.72. The molecule has 2 heterocycles. The van der Waals surface area contributed by atoms with Crippen LogP contribution in [0.5, 0.6) is 0 Å². The third-order valence-electron chi connectivity index (χ3n) is 2.20. The Labute approximate surface area is 86.4 Å². The summed E-state index contributed by atoms with van der Waals surface area (Å²) in [5.74, 6) is 0. The number of aromatic nitrogens is 3. The molecule has 0 spiro atoms. The molecule has 0 fully saturated rings. The summed E-state index contributed by atoms with van der Waals surface area (Å²) < 4.78 is 1.95. The summed E-state index contributed by atoms with van der Waals surface area (Å²) in [6.07, 6.45) is 1.84. The highest BCUT2D eigenvalue weighted by Crippen LogP contribution is 2.25. The zero-order chi connectivity index (χ0) is 10.1. The average molecular weight is 208 g/mol. The fourth-order valence-electron chi connectivity index (χ4n) is 1.43. The van der Waals surface area contributed by atoms with Crippen molar-refractivity contribution >= 4 is 16.5 Å². The first kappa shape index (κ1) is 9.21. The summed E-state index contributed by atoms with van der Waals surface area (Å²) in [5.41, 5.74) is 8.71. The van der Waals surface area contributed by atoms with Gasteiger partial charge in [0.2, 0.25) is 0 Å². The van der Waals surface area contributed by atoms with Gasteiger partial charge in [-0.25, -0.2) is 4.98 Å². The third-order valence-corrected chi connectivity index (χ3v) is 2.87. The van der Waals surface area contributed by atoms with Gasteiger partial charge in [-0.05, 0) is 13.8 Å². The van der Waals surface area contributed by atoms with Crippen molar-refractivity contribution in [3.63, 3.8) is 0 Å². The van der Waals surface area contributed by atoms with E-state index in [4.69, 9.17) is 5.73 Å². The molecule has 0 aliphatic rings. The SMILES string of the molecule is CCn1ncc(-c2csc(N)n2)c1C. The van der Waals surface area contributed by atoms with Gasteiger partial charge in [0.05, 0.1) is 11.9 Å². The fraction of sp³-hybridized carbons (Fsp3) is 0.333. The van der Waals surface area contributed by atoms with E-state index in [-0.39, 0.29) is 0 Å². The molecule has 2 rings (SSSR count). The minimum absolute atomic E-state index is 0.601. The van der Waals surface area contributed by atoms with Gasteiger partial charge in [-0.3, -0.25) is 4.68 Å². The van der Waals surface area contributed by atoms with Gasteiger partial charge in [0.15, 0.2) is 5.13 Å². The number of nitrogen functional groups attached to an aromatic ring is 1. The normalized spacial score (nSPS) is 10.7. The molecule has 2 aromatic rings. The van der Waals surface area contributed by atoms with E-state index in [1.54, 1.807) is 0 Å². The van der Waals surface area contributed by atoms with Crippen molar-refractivity contribution in [2.24, 2.45) is 0 Å². The second kappa shape index (κ2) is 3.42. The summed E-state index contributed by atoms with van der Waals surface area (Å²) in [6, 6.07) is 0. The number of anilines is 1. The van der Waals surface area contributed by atoms with Crippen molar-refractivity contribution in [2.45, 2.75) is 20.4 Å². The van der Waals surface area contributed by atoms with Crippen LogP contribution in [0.3, 0.4) is 0 Å². The van der Waals surface area contributed by atoms with Gasteiger partial charge in [-0.1, -0.05) is 0 Å². The lowest BCUT2D eigenvalue weighted by atomic mass is 10.2. The molecule has 0 unspecified atom stereocenters. The maximum absolute atomic E-state index is 5.59. The largest absolute Gasteiger partial charge is 0.375 e. The molecule has 14 heavy (non-hydrogen) atoms. The van der Waals surface area contributed by atoms with Crippen LogP contribution in [0.1, 0.15) is 12.6 Å². The molecule has 0 radical (unpaired) electrons. The number of hydrogen-bond donors (Lipinski definition) is 1. The highest BCUT2D eigenvalue weighted by molar-refractivity contribution is 7.13. The van der Waals surface area contributed by atoms with Crippen molar-refractivity contribution < 1.29 is 0 Å². The van der Waals surface area contributed by atoms with Gasteiger partial charge in [0.1, 0.15) is 0 Å². The van der Waals surface area contributed by atoms with E-state index in [2.05, 4.69) is 17.0 Å². The first-order valence-electron chi connectivity index (χ1n) is 4.46. The molecule has 5 heteroatoms. The Morgan fingerprint density at radius 3 is 2.86 bits per heavy atom. The minimum Gasteiger partial charge on any atom is -0.375 e. The molecule has 74 valence electrons. The van der Waals surface area contributed by atoms with Crippen LogP contribution in [-0.4, -0.2) is 14.8 Å². The van der Waals surface area contributed by atoms with Gasteiger partial charge < -0.3 is 5.73 Å². The summed E-state index contributed by atoms with van der Waals surface area (Å²) >= 11 is 1.45. The van der Waals surface area contributed by atoms with Crippen molar-refractivity contribution in [2.75, 3.05) is 5.73 Å². The van der Waals surface area contributed by atoms with Crippen molar-refractivity contribution in [1.29, 1.82) is 0 Å². The Kier molecular flexibility index (Phi) is 2.25. The monoisotopic (exact) mass is 208 g/mol. The van der Waals surface area contributed by atoms with Crippen molar-refractivity contribution in [3.8, 4) is 11.3 Å². The molecule has 0 saturated carbocycles. The number of hydrogen-bond acceptors (Lipinski definition) is 4. The molecular formula is C9H12N4S. The third kappa shape index (κ3) is 1.39. The van der Waals surface area contributed by atoms with E-state index in [0.29, 0.717) is 5.13 Å². The highest BCUT2D eigenvalue weighted by Gasteiger charge is 2.09. The lowest BCUT2D eigenvalue weighted by Crippen LogP contribution is -1.98. The van der Waals surface area contributed by atoms with E-state index in [1.165, 1.54) is 11.3 Å². The zero-order valence-electron chi connectivity index (χ0n) is 8.19. The second-order valence-corrected chi connectivity index (χ2v) is 3.92. The Hall–Kier alpha value is -1.36. The van der Waals surface area contributed by atoms with Gasteiger partial charge in [-0.2, -0.15) is 5.10 Å². The van der Waals surface area contributed by atoms with Crippen molar-refractivity contribution in [3.05, 3.63) is 17.3 Å². The molecule has 2 aromatic heterocycles. The van der Waals surface area contributed by atoms with Gasteiger partial charge in [-0.15, -0.1) is 11.3 Å². The van der Waals surface area contributed by atoms with Crippen LogP contribution in [-0.2, 0) is 6.54 Å². The first-order valence-corrected chi connectivity index (χ1v) is 5.34. The highest BCUT2D eigenvalue weighted by atomic mass is 32.1. The Balaban J connectivity index is 2.46. The van der Waals surface area contributed by atoms with Crippen LogP contribution in [0.25, 0.3) is 11.3 Å². The lowest BCUT2D eigenvalue weighted by Gasteiger charge is -1.99. The Morgan fingerprint density at radius 1 is 1.57 bits per heavy atom. The molecule has 0 aliphatic heterocycles. The van der Waals surface area contributed by atoms with Crippen LogP contribution < -0.4 is 5.73 Å². The van der Waals surface area contributed by atoms with E-state index in [0.717, 1.165) is 23.5 Å². The first-order chi connectivity index (χ1) is 6.72. The topological polar surface area (TPSA) is 56.7 Å². The standard InChI is InChI=1S/C9H12N4S/c1-3-13-6(2)7(4-11-13)8-5-14-9(10)12-8/h4-5H,3H2,1-2H3,(H2,10,12). The predicted octanol–water partition coefficient (Wildman–Crippen LogP) is 1.92. The molecule has 0 bridgehead atoms. The summed E-state index contributed by atoms with van der Waals surface area (Å²) in [6.45, 7) is 4.99. The van der Waals surface area contributed by atoms with Crippen molar-refractivity contribution in [1.82, 2.24) is 14.8 Å². The number of nitrogens with two attached hydrogens (primary N) is 1. The maximum atomic E-state index is 5.59. The maximum Gasteiger partial charge on any atom is 0.180 e. The second-order valence-electron chi connectivity index (χ2n) is 3.03. The fourth-order valence-corrected chi connectivity index (χ4v) is 1.99. The minimum atomic E-state index is 0.601. The van der Waals surface area contributed by atoms with E-state index in [1.807, 2.05) is 23.2 Å². The molecule has 0 atom stereocenters. The molecular weight excluding hydrogens is 196 g/mol. The number of rotatable bonds is 2. The number of nitrogens with zero attached hydrogens (tertiary/aromatic N) is 3. The lowest BCUT2D eigenvalue weighted by molar-refractivity contribution is 0.640. The molecule has 0 amide bonds. The molecule has 2 N–H and O–H groups in total. The van der Waals surface area contributed by atoms with Crippen LogP contribution in [0, 0.1) is 6.92 Å². The van der Waals surface area contributed by atoms with E-state index in [9.17, 15) is 0 Å². The Bertz CT molecular complexity index is 443. The molecule has 4 nitrogen and oxygen atoms in total. The Morgan fingerprint density at radius 2 is 2.36 bits per heavy atom. The summed E-state index contributed by atoms with van der Waals surface area (Å²) in [4.78, 5) is 4.23. The van der Waals surface area contributed by atoms with Crippen LogP contribution in [0.2, 0.25) is 0 Å². The van der Waals surface area contributed by atoms with Gasteiger partial charge in [0.25, 0.3) is 0 Å². The van der Waals surface area contributed by atoms with Gasteiger partial charge in [0, 0.05) is 23.2 Å². The van der Waals surface area contributed by atoms with Crippen LogP contribution >= 0.6 is 11.3 Å². The molecule has 0 aromatic carbocycles. The summed E-state index contributed by atoms with van der Waals surface area (Å²) in [7, 11) is 0. The zero-order valence-corrected chi connectivity index (χ0v) is 9.01. The van der Waals surface area contributed by atoms with Crippen LogP contribution in [0.15, 0.2) is 11.6 Å².